The van der Waals surface area contributed by atoms with Crippen molar-refractivity contribution >= 4 is 12.1 Å². The molecule has 0 bridgehead atoms. The molecule has 2 aromatic rings. The van der Waals surface area contributed by atoms with Crippen molar-refractivity contribution in [3.8, 4) is 11.5 Å². The molecule has 1 aliphatic rings. The highest BCUT2D eigenvalue weighted by molar-refractivity contribution is 5.83. The minimum atomic E-state index is -0.182. The molecule has 0 atom stereocenters. The van der Waals surface area contributed by atoms with Gasteiger partial charge in [0.05, 0.1) is 26.4 Å². The van der Waals surface area contributed by atoms with E-state index in [1.54, 1.807) is 12.1 Å². The molecule has 1 heterocycles. The zero-order valence-electron chi connectivity index (χ0n) is 16.1. The molecule has 0 unspecified atom stereocenters. The predicted molar refractivity (Wildman–Crippen MR) is 105 cm³/mol. The molecule has 1 fully saturated rings. The van der Waals surface area contributed by atoms with E-state index in [-0.39, 0.29) is 17.4 Å². The van der Waals surface area contributed by atoms with E-state index in [2.05, 4.69) is 39.7 Å². The van der Waals surface area contributed by atoms with Crippen LogP contribution in [0.5, 0.6) is 11.5 Å². The van der Waals surface area contributed by atoms with Crippen molar-refractivity contribution in [2.45, 2.75) is 6.54 Å². The first kappa shape index (κ1) is 19.9. The molecule has 0 saturated carbocycles. The van der Waals surface area contributed by atoms with Crippen molar-refractivity contribution in [3.05, 3.63) is 59.7 Å². The van der Waals surface area contributed by atoms with E-state index in [0.29, 0.717) is 12.1 Å². The van der Waals surface area contributed by atoms with Crippen molar-refractivity contribution < 1.29 is 19.5 Å². The molecule has 0 radical (unpaired) electrons. The second kappa shape index (κ2) is 9.87. The number of carbonyl (C=O) groups excluding carboxylic acids is 1. The van der Waals surface area contributed by atoms with E-state index < -0.39 is 0 Å². The first-order chi connectivity index (χ1) is 13.6. The topological polar surface area (TPSA) is 81.4 Å². The fraction of sp³-hybridized carbons (Fsp3) is 0.333. The van der Waals surface area contributed by atoms with Crippen LogP contribution in [0, 0.1) is 0 Å². The summed E-state index contributed by atoms with van der Waals surface area (Å²) in [6, 6.07) is 15.1. The van der Waals surface area contributed by atoms with Gasteiger partial charge in [-0.05, 0) is 17.2 Å². The first-order valence-electron chi connectivity index (χ1n) is 9.41. The largest absolute Gasteiger partial charge is 0.870 e. The van der Waals surface area contributed by atoms with E-state index in [1.165, 1.54) is 29.9 Å². The third-order valence-corrected chi connectivity index (χ3v) is 4.81. The Labute approximate surface area is 165 Å². The Morgan fingerprint density at radius 3 is 2.71 bits per heavy atom. The smallest absolute Gasteiger partial charge is 0.295 e. The maximum atomic E-state index is 12.1. The van der Waals surface area contributed by atoms with Gasteiger partial charge >= 0.3 is 0 Å². The molecule has 28 heavy (non-hydrogen) atoms. The van der Waals surface area contributed by atoms with Gasteiger partial charge in [-0.15, -0.1) is 0 Å². The minimum Gasteiger partial charge on any atom is -0.870 e. The average Bonchev–Trinajstić information content (AvgIpc) is 2.71. The van der Waals surface area contributed by atoms with Gasteiger partial charge in [0.1, 0.15) is 5.75 Å². The van der Waals surface area contributed by atoms with Crippen molar-refractivity contribution in [2.24, 2.45) is 5.10 Å². The maximum Gasteiger partial charge on any atom is 0.295 e. The van der Waals surface area contributed by atoms with E-state index in [9.17, 15) is 9.90 Å². The SMILES string of the molecule is COc1cc(C=NNC(=O)C[NH+]2CCN(Cc3ccccc3)CC2)ccc1[O-]. The van der Waals surface area contributed by atoms with Crippen LogP contribution < -0.4 is 20.2 Å². The van der Waals surface area contributed by atoms with E-state index in [1.807, 2.05) is 6.07 Å². The van der Waals surface area contributed by atoms with Crippen LogP contribution in [0.25, 0.3) is 0 Å². The number of nitrogens with one attached hydrogen (secondary N) is 2. The molecular formula is C21H26N4O3. The van der Waals surface area contributed by atoms with Gasteiger partial charge in [0.2, 0.25) is 0 Å². The monoisotopic (exact) mass is 382 g/mol. The highest BCUT2D eigenvalue weighted by Gasteiger charge is 2.21. The molecule has 1 saturated heterocycles. The summed E-state index contributed by atoms with van der Waals surface area (Å²) in [5.74, 6) is -0.0399. The Balaban J connectivity index is 1.40. The van der Waals surface area contributed by atoms with Crippen LogP contribution in [0.4, 0.5) is 0 Å². The average molecular weight is 382 g/mol. The summed E-state index contributed by atoms with van der Waals surface area (Å²) < 4.78 is 4.99. The van der Waals surface area contributed by atoms with Gasteiger partial charge in [-0.3, -0.25) is 9.69 Å². The summed E-state index contributed by atoms with van der Waals surface area (Å²) >= 11 is 0. The number of ether oxygens (including phenoxy) is 1. The van der Waals surface area contributed by atoms with Crippen LogP contribution in [-0.4, -0.2) is 56.9 Å². The Hall–Kier alpha value is -2.90. The third kappa shape index (κ3) is 5.80. The molecule has 1 aliphatic heterocycles. The van der Waals surface area contributed by atoms with Crippen molar-refractivity contribution in [1.29, 1.82) is 0 Å². The number of hydrazone groups is 1. The highest BCUT2D eigenvalue weighted by atomic mass is 16.5. The number of quaternary nitrogens is 1. The van der Waals surface area contributed by atoms with E-state index >= 15 is 0 Å². The summed E-state index contributed by atoms with van der Waals surface area (Å²) in [7, 11) is 1.45. The quantitative estimate of drug-likeness (QED) is 0.505. The number of amides is 1. The first-order valence-corrected chi connectivity index (χ1v) is 9.41. The van der Waals surface area contributed by atoms with Crippen molar-refractivity contribution in [3.63, 3.8) is 0 Å². The summed E-state index contributed by atoms with van der Waals surface area (Å²) in [4.78, 5) is 15.8. The summed E-state index contributed by atoms with van der Waals surface area (Å²) in [5, 5.41) is 15.5. The maximum absolute atomic E-state index is 12.1. The molecule has 1 amide bonds. The molecule has 0 aliphatic carbocycles. The zero-order valence-corrected chi connectivity index (χ0v) is 16.1. The molecule has 0 spiro atoms. The van der Waals surface area contributed by atoms with Gasteiger partial charge in [-0.2, -0.15) is 5.10 Å². The normalized spacial score (nSPS) is 15.6. The minimum absolute atomic E-state index is 0.116. The van der Waals surface area contributed by atoms with Gasteiger partial charge in [0.15, 0.2) is 6.54 Å². The van der Waals surface area contributed by atoms with E-state index in [0.717, 1.165) is 32.7 Å². The number of nitrogens with zero attached hydrogens (tertiary/aromatic N) is 2. The second-order valence-electron chi connectivity index (χ2n) is 6.89. The molecule has 0 aromatic heterocycles. The van der Waals surface area contributed by atoms with Crippen LogP contribution in [0.3, 0.4) is 0 Å². The summed E-state index contributed by atoms with van der Waals surface area (Å²) in [6.07, 6.45) is 1.51. The van der Waals surface area contributed by atoms with Gasteiger partial charge in [0, 0.05) is 19.6 Å². The number of hydrogen-bond donors (Lipinski definition) is 2. The Kier molecular flexibility index (Phi) is 7.00. The number of hydrogen-bond acceptors (Lipinski definition) is 5. The lowest BCUT2D eigenvalue weighted by Gasteiger charge is -2.31. The van der Waals surface area contributed by atoms with Crippen LogP contribution in [-0.2, 0) is 11.3 Å². The molecule has 3 rings (SSSR count). The molecular weight excluding hydrogens is 356 g/mol. The van der Waals surface area contributed by atoms with Crippen molar-refractivity contribution in [2.75, 3.05) is 39.8 Å². The fourth-order valence-corrected chi connectivity index (χ4v) is 3.26. The standard InChI is InChI=1S/C21H26N4O3/c1-28-20-13-18(7-8-19(20)26)14-22-23-21(27)16-25-11-9-24(10-12-25)15-17-5-3-2-4-6-17/h2-8,13-14,26H,9-12,15-16H2,1H3,(H,23,27). The Morgan fingerprint density at radius 1 is 1.25 bits per heavy atom. The van der Waals surface area contributed by atoms with Gasteiger partial charge in [-0.25, -0.2) is 5.43 Å². The van der Waals surface area contributed by atoms with Gasteiger partial charge in [-0.1, -0.05) is 48.2 Å². The van der Waals surface area contributed by atoms with Crippen LogP contribution in [0.1, 0.15) is 11.1 Å². The molecule has 2 aromatic carbocycles. The van der Waals surface area contributed by atoms with E-state index in [4.69, 9.17) is 4.74 Å². The van der Waals surface area contributed by atoms with Crippen LogP contribution >= 0.6 is 0 Å². The fourth-order valence-electron chi connectivity index (χ4n) is 3.26. The number of piperazine rings is 1. The lowest BCUT2D eigenvalue weighted by atomic mass is 10.2. The lowest BCUT2D eigenvalue weighted by molar-refractivity contribution is -0.896. The molecule has 148 valence electrons. The number of rotatable bonds is 7. The zero-order chi connectivity index (χ0) is 19.8. The van der Waals surface area contributed by atoms with Crippen LogP contribution in [0.2, 0.25) is 0 Å². The predicted octanol–water partition coefficient (Wildman–Crippen LogP) is -0.380. The van der Waals surface area contributed by atoms with Crippen LogP contribution in [0.15, 0.2) is 53.6 Å². The summed E-state index contributed by atoms with van der Waals surface area (Å²) in [5.41, 5.74) is 4.57. The third-order valence-electron chi connectivity index (χ3n) is 4.81. The van der Waals surface area contributed by atoms with Gasteiger partial charge < -0.3 is 14.7 Å². The number of benzene rings is 2. The highest BCUT2D eigenvalue weighted by Crippen LogP contribution is 2.22. The molecule has 7 nitrogen and oxygen atoms in total. The number of carbonyl (C=O) groups is 1. The Morgan fingerprint density at radius 2 is 2.00 bits per heavy atom. The van der Waals surface area contributed by atoms with Crippen molar-refractivity contribution in [1.82, 2.24) is 10.3 Å². The Bertz CT molecular complexity index is 803. The molecule has 7 heteroatoms. The molecule has 2 N–H and O–H groups in total. The number of methoxy groups -OCH3 is 1. The van der Waals surface area contributed by atoms with Gasteiger partial charge in [0.25, 0.3) is 5.91 Å². The lowest BCUT2D eigenvalue weighted by Crippen LogP contribution is -3.15. The second-order valence-corrected chi connectivity index (χ2v) is 6.89. The summed E-state index contributed by atoms with van der Waals surface area (Å²) in [6.45, 7) is 5.18.